The van der Waals surface area contributed by atoms with Gasteiger partial charge in [0.05, 0.1) is 0 Å². The normalized spacial score (nSPS) is 22.6. The molecule has 0 saturated carbocycles. The van der Waals surface area contributed by atoms with Gasteiger partial charge in [0.1, 0.15) is 5.75 Å². The van der Waals surface area contributed by atoms with Crippen LogP contribution >= 0.6 is 0 Å². The molecule has 1 aromatic rings. The van der Waals surface area contributed by atoms with Gasteiger partial charge in [0.25, 0.3) is 0 Å². The number of likely N-dealkylation sites (tertiary alicyclic amines) is 2. The minimum absolute atomic E-state index is 0.166. The largest absolute Gasteiger partial charge is 0.508 e. The second kappa shape index (κ2) is 9.22. The van der Waals surface area contributed by atoms with E-state index in [9.17, 15) is 14.7 Å². The Hall–Kier alpha value is -2.08. The predicted molar refractivity (Wildman–Crippen MR) is 102 cm³/mol. The Morgan fingerprint density at radius 1 is 1.15 bits per heavy atom. The van der Waals surface area contributed by atoms with Gasteiger partial charge in [-0.15, -0.1) is 0 Å². The lowest BCUT2D eigenvalue weighted by Gasteiger charge is -2.47. The third-order valence-electron chi connectivity index (χ3n) is 5.87. The van der Waals surface area contributed by atoms with Crippen molar-refractivity contribution in [2.75, 3.05) is 26.2 Å². The molecule has 2 atom stereocenters. The zero-order valence-electron chi connectivity index (χ0n) is 15.8. The van der Waals surface area contributed by atoms with Crippen molar-refractivity contribution in [3.63, 3.8) is 0 Å². The molecular weight excluding hydrogens is 344 g/mol. The molecule has 27 heavy (non-hydrogen) atoms. The maximum Gasteiger partial charge on any atom is 0.222 e. The third-order valence-corrected chi connectivity index (χ3v) is 5.87. The molecule has 1 aromatic carbocycles. The van der Waals surface area contributed by atoms with Crippen LogP contribution < -0.4 is 0 Å². The first-order chi connectivity index (χ1) is 13.1. The Morgan fingerprint density at radius 3 is 2.67 bits per heavy atom. The zero-order valence-corrected chi connectivity index (χ0v) is 15.8. The fourth-order valence-electron chi connectivity index (χ4n) is 4.33. The number of amides is 2. The number of carbonyl (C=O) groups excluding carboxylic acids is 2. The van der Waals surface area contributed by atoms with Crippen molar-refractivity contribution in [1.29, 1.82) is 0 Å². The molecule has 2 saturated heterocycles. The van der Waals surface area contributed by atoms with Gasteiger partial charge in [-0.05, 0) is 55.7 Å². The Morgan fingerprint density at radius 2 is 1.93 bits per heavy atom. The maximum absolute atomic E-state index is 12.6. The van der Waals surface area contributed by atoms with Crippen molar-refractivity contribution < 1.29 is 19.8 Å². The SMILES string of the molecule is O=C(CCc1ccc(O)cc1)N1CC[C@@H]2[C@@H](CCC(=O)N2CCCCO)C1. The number of unbranched alkanes of at least 4 members (excludes halogenated alkanes) is 1. The number of carbonyl (C=O) groups is 2. The highest BCUT2D eigenvalue weighted by atomic mass is 16.3. The summed E-state index contributed by atoms with van der Waals surface area (Å²) in [7, 11) is 0. The Labute approximate surface area is 160 Å². The van der Waals surface area contributed by atoms with E-state index in [4.69, 9.17) is 5.11 Å². The lowest BCUT2D eigenvalue weighted by atomic mass is 9.83. The summed E-state index contributed by atoms with van der Waals surface area (Å²) in [6.07, 6.45) is 4.98. The number of piperidine rings is 2. The van der Waals surface area contributed by atoms with Crippen LogP contribution in [-0.2, 0) is 16.0 Å². The molecule has 2 heterocycles. The number of fused-ring (bicyclic) bond motifs is 1. The summed E-state index contributed by atoms with van der Waals surface area (Å²) >= 11 is 0. The standard InChI is InChI=1S/C21H30N2O4/c24-14-2-1-12-23-19-11-13-22(15-17(19)6-10-21(23)27)20(26)9-5-16-3-7-18(25)8-4-16/h3-4,7-8,17,19,24-25H,1-2,5-6,9-15H2/t17-,19+/m0/s1. The molecule has 0 aromatic heterocycles. The molecule has 2 aliphatic heterocycles. The lowest BCUT2D eigenvalue weighted by molar-refractivity contribution is -0.144. The molecule has 2 fully saturated rings. The number of rotatable bonds is 7. The highest BCUT2D eigenvalue weighted by Gasteiger charge is 2.39. The Kier molecular flexibility index (Phi) is 6.72. The van der Waals surface area contributed by atoms with E-state index in [0.717, 1.165) is 44.3 Å². The average Bonchev–Trinajstić information content (AvgIpc) is 2.68. The van der Waals surface area contributed by atoms with E-state index >= 15 is 0 Å². The molecule has 0 aliphatic carbocycles. The van der Waals surface area contributed by atoms with Gasteiger partial charge < -0.3 is 20.0 Å². The van der Waals surface area contributed by atoms with Crippen molar-refractivity contribution in [2.45, 2.75) is 51.0 Å². The number of nitrogens with zero attached hydrogens (tertiary/aromatic N) is 2. The van der Waals surface area contributed by atoms with Crippen molar-refractivity contribution in [3.05, 3.63) is 29.8 Å². The van der Waals surface area contributed by atoms with Crippen molar-refractivity contribution in [2.24, 2.45) is 5.92 Å². The van der Waals surface area contributed by atoms with Crippen LogP contribution in [0.5, 0.6) is 5.75 Å². The highest BCUT2D eigenvalue weighted by Crippen LogP contribution is 2.31. The first kappa shape index (κ1) is 19.7. The number of phenolic OH excluding ortho intramolecular Hbond substituents is 1. The second-order valence-corrected chi connectivity index (χ2v) is 7.68. The molecule has 0 unspecified atom stereocenters. The molecule has 2 amide bonds. The molecule has 2 N–H and O–H groups in total. The summed E-state index contributed by atoms with van der Waals surface area (Å²) < 4.78 is 0. The Bertz CT molecular complexity index is 646. The van der Waals surface area contributed by atoms with Gasteiger partial charge in [0.2, 0.25) is 11.8 Å². The minimum Gasteiger partial charge on any atom is -0.508 e. The lowest BCUT2D eigenvalue weighted by Crippen LogP contribution is -2.57. The number of aliphatic hydroxyl groups excluding tert-OH is 1. The number of hydrogen-bond acceptors (Lipinski definition) is 4. The Balaban J connectivity index is 1.51. The molecular formula is C21H30N2O4. The van der Waals surface area contributed by atoms with Crippen LogP contribution in [-0.4, -0.2) is 64.1 Å². The summed E-state index contributed by atoms with van der Waals surface area (Å²) in [5.74, 6) is 0.997. The number of hydrogen-bond donors (Lipinski definition) is 2. The van der Waals surface area contributed by atoms with E-state index in [2.05, 4.69) is 0 Å². The van der Waals surface area contributed by atoms with Gasteiger partial charge in [0, 0.05) is 45.1 Å². The number of aryl methyl sites for hydroxylation is 1. The van der Waals surface area contributed by atoms with E-state index in [0.29, 0.717) is 31.7 Å². The zero-order chi connectivity index (χ0) is 19.2. The van der Waals surface area contributed by atoms with Gasteiger partial charge >= 0.3 is 0 Å². The van der Waals surface area contributed by atoms with Crippen LogP contribution in [0.3, 0.4) is 0 Å². The predicted octanol–water partition coefficient (Wildman–Crippen LogP) is 1.94. The molecule has 6 nitrogen and oxygen atoms in total. The summed E-state index contributed by atoms with van der Waals surface area (Å²) in [4.78, 5) is 28.9. The smallest absolute Gasteiger partial charge is 0.222 e. The van der Waals surface area contributed by atoms with E-state index in [1.54, 1.807) is 12.1 Å². The van der Waals surface area contributed by atoms with Gasteiger partial charge in [-0.3, -0.25) is 9.59 Å². The van der Waals surface area contributed by atoms with Crippen LogP contribution in [0.25, 0.3) is 0 Å². The summed E-state index contributed by atoms with van der Waals surface area (Å²) in [5, 5.41) is 18.3. The summed E-state index contributed by atoms with van der Waals surface area (Å²) in [6.45, 7) is 2.33. The number of phenols is 1. The van der Waals surface area contributed by atoms with Gasteiger partial charge in [-0.25, -0.2) is 0 Å². The van der Waals surface area contributed by atoms with Gasteiger partial charge in [-0.2, -0.15) is 0 Å². The quantitative estimate of drug-likeness (QED) is 0.715. The minimum atomic E-state index is 0.166. The second-order valence-electron chi connectivity index (χ2n) is 7.68. The first-order valence-corrected chi connectivity index (χ1v) is 10.0. The van der Waals surface area contributed by atoms with E-state index in [1.807, 2.05) is 21.9 Å². The van der Waals surface area contributed by atoms with Crippen LogP contribution in [0.2, 0.25) is 0 Å². The fourth-order valence-corrected chi connectivity index (χ4v) is 4.33. The molecule has 3 rings (SSSR count). The topological polar surface area (TPSA) is 81.1 Å². The molecule has 148 valence electrons. The molecule has 0 spiro atoms. The van der Waals surface area contributed by atoms with Crippen molar-refractivity contribution in [3.8, 4) is 5.75 Å². The number of benzene rings is 1. The van der Waals surface area contributed by atoms with Gasteiger partial charge in [0.15, 0.2) is 0 Å². The first-order valence-electron chi connectivity index (χ1n) is 10.0. The molecule has 6 heteroatoms. The highest BCUT2D eigenvalue weighted by molar-refractivity contribution is 5.78. The van der Waals surface area contributed by atoms with E-state index in [-0.39, 0.29) is 30.2 Å². The van der Waals surface area contributed by atoms with E-state index < -0.39 is 0 Å². The number of aliphatic hydroxyl groups is 1. The van der Waals surface area contributed by atoms with Crippen LogP contribution in [0.15, 0.2) is 24.3 Å². The summed E-state index contributed by atoms with van der Waals surface area (Å²) in [6, 6.07) is 7.24. The maximum atomic E-state index is 12.6. The molecule has 0 bridgehead atoms. The number of aromatic hydroxyl groups is 1. The van der Waals surface area contributed by atoms with Crippen LogP contribution in [0.4, 0.5) is 0 Å². The summed E-state index contributed by atoms with van der Waals surface area (Å²) in [5.41, 5.74) is 1.05. The molecule has 2 aliphatic rings. The fraction of sp³-hybridized carbons (Fsp3) is 0.619. The monoisotopic (exact) mass is 374 g/mol. The average molecular weight is 374 g/mol. The van der Waals surface area contributed by atoms with Crippen LogP contribution in [0.1, 0.15) is 44.1 Å². The van der Waals surface area contributed by atoms with Crippen molar-refractivity contribution in [1.82, 2.24) is 9.80 Å². The molecule has 0 radical (unpaired) electrons. The van der Waals surface area contributed by atoms with Crippen molar-refractivity contribution >= 4 is 11.8 Å². The van der Waals surface area contributed by atoms with E-state index in [1.165, 1.54) is 0 Å². The van der Waals surface area contributed by atoms with Gasteiger partial charge in [-0.1, -0.05) is 12.1 Å². The van der Waals surface area contributed by atoms with Crippen LogP contribution in [0, 0.1) is 5.92 Å². The third kappa shape index (κ3) is 5.01.